The maximum atomic E-state index is 2.50. The lowest BCUT2D eigenvalue weighted by atomic mass is 10.1. The van der Waals surface area contributed by atoms with E-state index in [1.54, 1.807) is 0 Å². The van der Waals surface area contributed by atoms with Crippen LogP contribution in [-0.2, 0) is 0 Å². The predicted molar refractivity (Wildman–Crippen MR) is 107 cm³/mol. The van der Waals surface area contributed by atoms with Gasteiger partial charge in [-0.15, -0.1) is 0 Å². The van der Waals surface area contributed by atoms with Crippen LogP contribution in [0.3, 0.4) is 0 Å². The van der Waals surface area contributed by atoms with Crippen molar-refractivity contribution in [1.29, 1.82) is 0 Å². The van der Waals surface area contributed by atoms with E-state index >= 15 is 0 Å². The molecule has 0 spiro atoms. The maximum Gasteiger partial charge on any atom is 0.0784 e. The molecule has 0 rings (SSSR count). The lowest BCUT2D eigenvalue weighted by Gasteiger charge is -2.35. The Balaban J connectivity index is 3.54. The lowest BCUT2D eigenvalue weighted by molar-refractivity contribution is -0.910. The van der Waals surface area contributed by atoms with E-state index in [4.69, 9.17) is 0 Å². The highest BCUT2D eigenvalue weighted by Crippen LogP contribution is 2.14. The van der Waals surface area contributed by atoms with Gasteiger partial charge >= 0.3 is 0 Å². The summed E-state index contributed by atoms with van der Waals surface area (Å²) in [5, 5.41) is 0. The SMILES string of the molecule is CCCCCCCCCCCCC[N+](C)(CCCC)CCCC. The van der Waals surface area contributed by atoms with Crippen LogP contribution in [0.4, 0.5) is 0 Å². The van der Waals surface area contributed by atoms with E-state index in [0.717, 1.165) is 0 Å². The molecule has 0 aromatic heterocycles. The van der Waals surface area contributed by atoms with Crippen molar-refractivity contribution < 1.29 is 4.48 Å². The molecule has 0 aromatic rings. The Kier molecular flexibility index (Phi) is 16.8. The third kappa shape index (κ3) is 15.2. The van der Waals surface area contributed by atoms with Crippen LogP contribution < -0.4 is 0 Å². The summed E-state index contributed by atoms with van der Waals surface area (Å²) in [6.45, 7) is 11.2. The zero-order valence-corrected chi connectivity index (χ0v) is 17.2. The summed E-state index contributed by atoms with van der Waals surface area (Å²) in [6, 6.07) is 0. The van der Waals surface area contributed by atoms with E-state index in [2.05, 4.69) is 27.8 Å². The molecule has 0 saturated carbocycles. The number of hydrogen-bond donors (Lipinski definition) is 0. The minimum atomic E-state index is 1.33. The van der Waals surface area contributed by atoms with Gasteiger partial charge in [0.2, 0.25) is 0 Å². The number of quaternary nitrogens is 1. The summed E-state index contributed by atoms with van der Waals surface area (Å²) in [7, 11) is 2.50. The van der Waals surface area contributed by atoms with Crippen molar-refractivity contribution >= 4 is 0 Å². The molecule has 0 unspecified atom stereocenters. The minimum absolute atomic E-state index is 1.33. The van der Waals surface area contributed by atoms with Gasteiger partial charge in [0.05, 0.1) is 26.7 Å². The van der Waals surface area contributed by atoms with Crippen LogP contribution in [0.2, 0.25) is 0 Å². The molecule has 0 aliphatic heterocycles. The Hall–Kier alpha value is -0.0400. The van der Waals surface area contributed by atoms with Crippen LogP contribution in [0.15, 0.2) is 0 Å². The highest BCUT2D eigenvalue weighted by Gasteiger charge is 2.19. The van der Waals surface area contributed by atoms with Gasteiger partial charge < -0.3 is 4.48 Å². The predicted octanol–water partition coefficient (Wildman–Crippen LogP) is 7.34. The number of rotatable bonds is 18. The molecular formula is C22H48N+. The molecule has 0 N–H and O–H groups in total. The first-order chi connectivity index (χ1) is 11.2. The summed E-state index contributed by atoms with van der Waals surface area (Å²) in [5.41, 5.74) is 0. The summed E-state index contributed by atoms with van der Waals surface area (Å²) in [4.78, 5) is 0. The Morgan fingerprint density at radius 1 is 0.391 bits per heavy atom. The second kappa shape index (κ2) is 16.8. The molecule has 0 heterocycles. The van der Waals surface area contributed by atoms with Gasteiger partial charge in [-0.3, -0.25) is 0 Å². The van der Waals surface area contributed by atoms with Crippen molar-refractivity contribution in [3.05, 3.63) is 0 Å². The highest BCUT2D eigenvalue weighted by molar-refractivity contribution is 4.49. The molecule has 0 bridgehead atoms. The van der Waals surface area contributed by atoms with E-state index in [9.17, 15) is 0 Å². The minimum Gasteiger partial charge on any atom is -0.326 e. The fourth-order valence-electron chi connectivity index (χ4n) is 3.57. The lowest BCUT2D eigenvalue weighted by Crippen LogP contribution is -2.46. The second-order valence-electron chi connectivity index (χ2n) is 8.03. The van der Waals surface area contributed by atoms with Crippen molar-refractivity contribution in [2.24, 2.45) is 0 Å². The second-order valence-corrected chi connectivity index (χ2v) is 8.03. The number of unbranched alkanes of at least 4 members (excludes halogenated alkanes) is 12. The molecule has 0 aliphatic carbocycles. The van der Waals surface area contributed by atoms with E-state index in [-0.39, 0.29) is 0 Å². The number of nitrogens with zero attached hydrogens (tertiary/aromatic N) is 1. The van der Waals surface area contributed by atoms with Crippen molar-refractivity contribution in [2.75, 3.05) is 26.7 Å². The average molecular weight is 327 g/mol. The van der Waals surface area contributed by atoms with Gasteiger partial charge in [0, 0.05) is 0 Å². The summed E-state index contributed by atoms with van der Waals surface area (Å²) < 4.78 is 1.33. The van der Waals surface area contributed by atoms with Crippen LogP contribution in [0.5, 0.6) is 0 Å². The molecule has 0 aromatic carbocycles. The topological polar surface area (TPSA) is 0 Å². The van der Waals surface area contributed by atoms with E-state index in [1.165, 1.54) is 120 Å². The van der Waals surface area contributed by atoms with E-state index < -0.39 is 0 Å². The van der Waals surface area contributed by atoms with E-state index in [0.29, 0.717) is 0 Å². The van der Waals surface area contributed by atoms with Gasteiger partial charge in [0.1, 0.15) is 0 Å². The van der Waals surface area contributed by atoms with Gasteiger partial charge in [-0.25, -0.2) is 0 Å². The molecule has 0 saturated heterocycles. The fraction of sp³-hybridized carbons (Fsp3) is 1.00. The van der Waals surface area contributed by atoms with Crippen LogP contribution in [0.25, 0.3) is 0 Å². The first-order valence-electron chi connectivity index (χ1n) is 11.0. The van der Waals surface area contributed by atoms with E-state index in [1.807, 2.05) is 0 Å². The zero-order valence-electron chi connectivity index (χ0n) is 17.2. The normalized spacial score (nSPS) is 12.0. The van der Waals surface area contributed by atoms with Gasteiger partial charge in [-0.1, -0.05) is 91.4 Å². The first kappa shape index (κ1) is 23.0. The van der Waals surface area contributed by atoms with Gasteiger partial charge in [-0.05, 0) is 25.7 Å². The quantitative estimate of drug-likeness (QED) is 0.182. The van der Waals surface area contributed by atoms with Gasteiger partial charge in [-0.2, -0.15) is 0 Å². The zero-order chi connectivity index (χ0) is 17.2. The molecular weight excluding hydrogens is 278 g/mol. The third-order valence-corrected chi connectivity index (χ3v) is 5.40. The standard InChI is InChI=1S/C22H48N/c1-5-8-11-12-13-14-15-16-17-18-19-22-23(4,20-9-6-2)21-10-7-3/h5-22H2,1-4H3/q+1. The fourth-order valence-corrected chi connectivity index (χ4v) is 3.57. The highest BCUT2D eigenvalue weighted by atomic mass is 15.3. The van der Waals surface area contributed by atoms with Gasteiger partial charge in [0.25, 0.3) is 0 Å². The summed E-state index contributed by atoms with van der Waals surface area (Å²) >= 11 is 0. The molecule has 0 amide bonds. The molecule has 0 atom stereocenters. The van der Waals surface area contributed by atoms with Gasteiger partial charge in [0.15, 0.2) is 0 Å². The van der Waals surface area contributed by atoms with Crippen molar-refractivity contribution in [3.8, 4) is 0 Å². The van der Waals surface area contributed by atoms with Crippen LogP contribution >= 0.6 is 0 Å². The summed E-state index contributed by atoms with van der Waals surface area (Å²) in [5.74, 6) is 0. The largest absolute Gasteiger partial charge is 0.326 e. The number of hydrogen-bond acceptors (Lipinski definition) is 0. The monoisotopic (exact) mass is 326 g/mol. The first-order valence-corrected chi connectivity index (χ1v) is 11.0. The Morgan fingerprint density at radius 2 is 0.696 bits per heavy atom. The Labute approximate surface area is 148 Å². The van der Waals surface area contributed by atoms with Crippen molar-refractivity contribution in [1.82, 2.24) is 0 Å². The molecule has 23 heavy (non-hydrogen) atoms. The smallest absolute Gasteiger partial charge is 0.0784 e. The molecule has 0 aliphatic rings. The van der Waals surface area contributed by atoms with Crippen LogP contribution in [0, 0.1) is 0 Å². The molecule has 140 valence electrons. The Morgan fingerprint density at radius 3 is 1.09 bits per heavy atom. The molecule has 0 fully saturated rings. The maximum absolute atomic E-state index is 2.50. The molecule has 1 nitrogen and oxygen atoms in total. The van der Waals surface area contributed by atoms with Crippen molar-refractivity contribution in [2.45, 2.75) is 117 Å². The Bertz CT molecular complexity index is 216. The van der Waals surface area contributed by atoms with Crippen molar-refractivity contribution in [3.63, 3.8) is 0 Å². The molecule has 1 heteroatoms. The molecule has 0 radical (unpaired) electrons. The van der Waals surface area contributed by atoms with Crippen LogP contribution in [-0.4, -0.2) is 31.2 Å². The summed E-state index contributed by atoms with van der Waals surface area (Å²) in [6.07, 6.45) is 21.5. The van der Waals surface area contributed by atoms with Crippen LogP contribution in [0.1, 0.15) is 117 Å². The third-order valence-electron chi connectivity index (χ3n) is 5.40. The average Bonchev–Trinajstić information content (AvgIpc) is 2.56.